The van der Waals surface area contributed by atoms with Gasteiger partial charge in [0.1, 0.15) is 0 Å². The van der Waals surface area contributed by atoms with Crippen LogP contribution in [0.5, 0.6) is 0 Å². The van der Waals surface area contributed by atoms with Crippen molar-refractivity contribution < 1.29 is 0 Å². The quantitative estimate of drug-likeness (QED) is 0.592. The highest BCUT2D eigenvalue weighted by atomic mass is 127. The van der Waals surface area contributed by atoms with Gasteiger partial charge in [0, 0.05) is 9.77 Å². The van der Waals surface area contributed by atoms with Crippen molar-refractivity contribution in [3.05, 3.63) is 44.7 Å². The van der Waals surface area contributed by atoms with Crippen LogP contribution in [0.15, 0.2) is 30.5 Å². The van der Waals surface area contributed by atoms with E-state index in [2.05, 4.69) is 27.7 Å². The van der Waals surface area contributed by atoms with E-state index in [1.54, 1.807) is 4.68 Å². The highest BCUT2D eigenvalue weighted by Crippen LogP contribution is 2.22. The molecule has 15 heavy (non-hydrogen) atoms. The first-order valence-corrected chi connectivity index (χ1v) is 6.26. The monoisotopic (exact) mass is 352 g/mol. The lowest BCUT2D eigenvalue weighted by molar-refractivity contribution is 0.858. The number of benzene rings is 1. The second kappa shape index (κ2) is 4.72. The van der Waals surface area contributed by atoms with Gasteiger partial charge >= 0.3 is 0 Å². The Hall–Kier alpha value is -0.260. The van der Waals surface area contributed by atoms with Crippen LogP contribution < -0.4 is 0 Å². The molecule has 0 radical (unpaired) electrons. The molecule has 0 aliphatic rings. The summed E-state index contributed by atoms with van der Waals surface area (Å²) >= 11 is 14.0. The van der Waals surface area contributed by atoms with E-state index in [9.17, 15) is 0 Å². The Bertz CT molecular complexity index is 482. The fourth-order valence-electron chi connectivity index (χ4n) is 1.23. The van der Waals surface area contributed by atoms with Gasteiger partial charge in [0.15, 0.2) is 0 Å². The number of nitrogens with zero attached hydrogens (tertiary/aromatic N) is 2. The van der Waals surface area contributed by atoms with Crippen LogP contribution in [0.1, 0.15) is 5.69 Å². The molecule has 1 heterocycles. The zero-order valence-corrected chi connectivity index (χ0v) is 11.3. The molecule has 2 nitrogen and oxygen atoms in total. The minimum absolute atomic E-state index is 0.412. The maximum Gasteiger partial charge on any atom is 0.0832 e. The Labute approximate surface area is 111 Å². The molecule has 0 fully saturated rings. The summed E-state index contributed by atoms with van der Waals surface area (Å²) in [4.78, 5) is 0. The number of alkyl halides is 1. The predicted octanol–water partition coefficient (Wildman–Crippen LogP) is 3.87. The molecule has 0 aliphatic carbocycles. The lowest BCUT2D eigenvalue weighted by atomic mass is 10.3. The lowest BCUT2D eigenvalue weighted by Crippen LogP contribution is -1.96. The zero-order valence-electron chi connectivity index (χ0n) is 7.62. The van der Waals surface area contributed by atoms with E-state index in [4.69, 9.17) is 23.2 Å². The predicted molar refractivity (Wildman–Crippen MR) is 70.8 cm³/mol. The van der Waals surface area contributed by atoms with E-state index >= 15 is 0 Å². The van der Waals surface area contributed by atoms with Gasteiger partial charge in [-0.2, -0.15) is 5.10 Å². The highest BCUT2D eigenvalue weighted by molar-refractivity contribution is 14.1. The molecular weight excluding hydrogens is 346 g/mol. The lowest BCUT2D eigenvalue weighted by Gasteiger charge is -2.04. The van der Waals surface area contributed by atoms with E-state index in [1.165, 1.54) is 0 Å². The Morgan fingerprint density at radius 1 is 1.33 bits per heavy atom. The molecule has 2 aromatic rings. The van der Waals surface area contributed by atoms with Crippen LogP contribution in [-0.4, -0.2) is 9.78 Å². The summed E-state index contributed by atoms with van der Waals surface area (Å²) in [6.07, 6.45) is 1.85. The molecular formula is C10H7Cl2IN2. The summed E-state index contributed by atoms with van der Waals surface area (Å²) in [7, 11) is 0. The number of rotatable bonds is 2. The van der Waals surface area contributed by atoms with Crippen molar-refractivity contribution in [3.8, 4) is 5.69 Å². The van der Waals surface area contributed by atoms with Gasteiger partial charge in [-0.1, -0.05) is 11.6 Å². The normalized spacial score (nSPS) is 10.6. The Morgan fingerprint density at radius 2 is 2.13 bits per heavy atom. The van der Waals surface area contributed by atoms with Crippen LogP contribution in [0.2, 0.25) is 5.02 Å². The third-order valence-electron chi connectivity index (χ3n) is 1.94. The molecule has 5 heteroatoms. The van der Waals surface area contributed by atoms with E-state index in [-0.39, 0.29) is 0 Å². The molecule has 0 bridgehead atoms. The van der Waals surface area contributed by atoms with Crippen molar-refractivity contribution in [1.82, 2.24) is 9.78 Å². The summed E-state index contributed by atoms with van der Waals surface area (Å²) < 4.78 is 2.84. The van der Waals surface area contributed by atoms with E-state index < -0.39 is 0 Å². The average molecular weight is 353 g/mol. The SMILES string of the molecule is ClCc1ccn(-c2ccc(I)cc2Cl)n1. The van der Waals surface area contributed by atoms with Gasteiger partial charge in [0.25, 0.3) is 0 Å². The molecule has 0 saturated carbocycles. The largest absolute Gasteiger partial charge is 0.239 e. The van der Waals surface area contributed by atoms with E-state index in [0.717, 1.165) is 15.0 Å². The maximum absolute atomic E-state index is 6.12. The van der Waals surface area contributed by atoms with Gasteiger partial charge in [0.05, 0.1) is 22.3 Å². The van der Waals surface area contributed by atoms with Crippen molar-refractivity contribution >= 4 is 45.8 Å². The molecule has 0 atom stereocenters. The van der Waals surface area contributed by atoms with Gasteiger partial charge in [-0.05, 0) is 46.9 Å². The number of aromatic nitrogens is 2. The smallest absolute Gasteiger partial charge is 0.0832 e. The van der Waals surface area contributed by atoms with Crippen LogP contribution in [0.25, 0.3) is 5.69 Å². The highest BCUT2D eigenvalue weighted by Gasteiger charge is 2.05. The first kappa shape index (κ1) is 11.2. The summed E-state index contributed by atoms with van der Waals surface area (Å²) in [5.74, 6) is 0.412. The maximum atomic E-state index is 6.12. The minimum Gasteiger partial charge on any atom is -0.239 e. The van der Waals surface area contributed by atoms with Gasteiger partial charge in [-0.3, -0.25) is 0 Å². The molecule has 0 saturated heterocycles. The van der Waals surface area contributed by atoms with Gasteiger partial charge in [-0.15, -0.1) is 11.6 Å². The zero-order chi connectivity index (χ0) is 10.8. The van der Waals surface area contributed by atoms with Crippen molar-refractivity contribution in [2.75, 3.05) is 0 Å². The van der Waals surface area contributed by atoms with Crippen molar-refractivity contribution in [2.45, 2.75) is 5.88 Å². The molecule has 78 valence electrons. The fraction of sp³-hybridized carbons (Fsp3) is 0.100. The standard InChI is InChI=1S/C10H7Cl2IN2/c11-6-8-3-4-15(14-8)10-2-1-7(13)5-9(10)12/h1-5H,6H2. The second-order valence-electron chi connectivity index (χ2n) is 2.98. The minimum atomic E-state index is 0.412. The summed E-state index contributed by atoms with van der Waals surface area (Å²) in [6, 6.07) is 7.71. The Kier molecular flexibility index (Phi) is 3.53. The van der Waals surface area contributed by atoms with Crippen molar-refractivity contribution in [2.24, 2.45) is 0 Å². The molecule has 0 amide bonds. The summed E-state index contributed by atoms with van der Waals surface area (Å²) in [6.45, 7) is 0. The van der Waals surface area contributed by atoms with E-state index in [0.29, 0.717) is 10.9 Å². The van der Waals surface area contributed by atoms with Crippen LogP contribution >= 0.6 is 45.8 Å². The van der Waals surface area contributed by atoms with Gasteiger partial charge in [-0.25, -0.2) is 4.68 Å². The molecule has 0 N–H and O–H groups in total. The summed E-state index contributed by atoms with van der Waals surface area (Å²) in [5.41, 5.74) is 1.71. The molecule has 0 spiro atoms. The number of hydrogen-bond donors (Lipinski definition) is 0. The molecule has 0 aliphatic heterocycles. The van der Waals surface area contributed by atoms with Gasteiger partial charge in [0.2, 0.25) is 0 Å². The van der Waals surface area contributed by atoms with Crippen LogP contribution in [0.4, 0.5) is 0 Å². The van der Waals surface area contributed by atoms with Gasteiger partial charge < -0.3 is 0 Å². The molecule has 2 rings (SSSR count). The van der Waals surface area contributed by atoms with Crippen molar-refractivity contribution in [1.29, 1.82) is 0 Å². The first-order valence-electron chi connectivity index (χ1n) is 4.26. The third kappa shape index (κ3) is 2.46. The molecule has 0 unspecified atom stereocenters. The Balaban J connectivity index is 2.44. The van der Waals surface area contributed by atoms with E-state index in [1.807, 2.05) is 30.5 Å². The summed E-state index contributed by atoms with van der Waals surface area (Å²) in [5, 5.41) is 4.97. The Morgan fingerprint density at radius 3 is 2.73 bits per heavy atom. The van der Waals surface area contributed by atoms with Crippen LogP contribution in [0, 0.1) is 3.57 Å². The topological polar surface area (TPSA) is 17.8 Å². The first-order chi connectivity index (χ1) is 7.20. The van der Waals surface area contributed by atoms with Crippen LogP contribution in [-0.2, 0) is 5.88 Å². The molecule has 1 aromatic heterocycles. The molecule has 1 aromatic carbocycles. The fourth-order valence-corrected chi connectivity index (χ4v) is 2.32. The van der Waals surface area contributed by atoms with Crippen LogP contribution in [0.3, 0.4) is 0 Å². The number of hydrogen-bond acceptors (Lipinski definition) is 1. The number of halogens is 3. The average Bonchev–Trinajstić information content (AvgIpc) is 2.66. The third-order valence-corrected chi connectivity index (χ3v) is 3.19. The second-order valence-corrected chi connectivity index (χ2v) is 4.90. The van der Waals surface area contributed by atoms with Crippen molar-refractivity contribution in [3.63, 3.8) is 0 Å².